The highest BCUT2D eigenvalue weighted by Crippen LogP contribution is 2.25. The van der Waals surface area contributed by atoms with Crippen molar-refractivity contribution in [2.24, 2.45) is 5.41 Å². The summed E-state index contributed by atoms with van der Waals surface area (Å²) in [5, 5.41) is 0. The molecule has 0 saturated carbocycles. The Labute approximate surface area is 157 Å². The Morgan fingerprint density at radius 1 is 1.15 bits per heavy atom. The Morgan fingerprint density at radius 3 is 2.50 bits per heavy atom. The van der Waals surface area contributed by atoms with E-state index in [0.29, 0.717) is 12.5 Å². The summed E-state index contributed by atoms with van der Waals surface area (Å²) >= 11 is 0. The zero-order valence-electron chi connectivity index (χ0n) is 16.6. The maximum absolute atomic E-state index is 13.0. The number of unbranched alkanes of at least 4 members (excludes halogenated alkanes) is 2. The van der Waals surface area contributed by atoms with Crippen LogP contribution in [-0.2, 0) is 4.79 Å². The van der Waals surface area contributed by atoms with Crippen molar-refractivity contribution >= 4 is 5.91 Å². The van der Waals surface area contributed by atoms with Crippen LogP contribution in [0.3, 0.4) is 0 Å². The van der Waals surface area contributed by atoms with Crippen LogP contribution in [0.15, 0.2) is 24.3 Å². The van der Waals surface area contributed by atoms with Gasteiger partial charge in [0.2, 0.25) is 5.91 Å². The predicted molar refractivity (Wildman–Crippen MR) is 104 cm³/mol. The number of carbonyl (C=O) groups is 1. The van der Waals surface area contributed by atoms with Crippen molar-refractivity contribution < 1.29 is 9.18 Å². The summed E-state index contributed by atoms with van der Waals surface area (Å²) in [5.41, 5.74) is 7.84. The first-order valence-corrected chi connectivity index (χ1v) is 9.75. The summed E-state index contributed by atoms with van der Waals surface area (Å²) < 4.78 is 13.0. The van der Waals surface area contributed by atoms with Gasteiger partial charge in [-0.25, -0.2) is 4.39 Å². The van der Waals surface area contributed by atoms with Gasteiger partial charge in [0, 0.05) is 32.1 Å². The van der Waals surface area contributed by atoms with Gasteiger partial charge >= 0.3 is 0 Å². The van der Waals surface area contributed by atoms with Crippen molar-refractivity contribution in [1.82, 2.24) is 15.8 Å². The van der Waals surface area contributed by atoms with E-state index in [2.05, 4.69) is 31.6 Å². The molecule has 146 valence electrons. The second-order valence-corrected chi connectivity index (χ2v) is 8.73. The molecular formula is C21H34FN3O. The monoisotopic (exact) mass is 363 g/mol. The van der Waals surface area contributed by atoms with Gasteiger partial charge in [0.25, 0.3) is 0 Å². The zero-order valence-corrected chi connectivity index (χ0v) is 16.6. The van der Waals surface area contributed by atoms with E-state index in [4.69, 9.17) is 0 Å². The summed E-state index contributed by atoms with van der Waals surface area (Å²) in [6.45, 7) is 7.13. The Hall–Kier alpha value is -1.46. The fourth-order valence-corrected chi connectivity index (χ4v) is 3.36. The highest BCUT2D eigenvalue weighted by Gasteiger charge is 2.24. The number of carbonyl (C=O) groups excluding carboxylic acids is 1. The molecular weight excluding hydrogens is 329 g/mol. The molecule has 1 aliphatic rings. The van der Waals surface area contributed by atoms with Crippen molar-refractivity contribution in [1.29, 1.82) is 0 Å². The van der Waals surface area contributed by atoms with E-state index in [1.54, 1.807) is 0 Å². The lowest BCUT2D eigenvalue weighted by molar-refractivity contribution is -0.131. The third kappa shape index (κ3) is 7.04. The highest BCUT2D eigenvalue weighted by atomic mass is 19.1. The molecule has 1 fully saturated rings. The second-order valence-electron chi connectivity index (χ2n) is 8.73. The van der Waals surface area contributed by atoms with E-state index in [1.165, 1.54) is 12.1 Å². The topological polar surface area (TPSA) is 44.4 Å². The molecule has 2 atom stereocenters. The van der Waals surface area contributed by atoms with Gasteiger partial charge in [-0.3, -0.25) is 15.6 Å². The molecule has 0 aromatic heterocycles. The molecule has 2 unspecified atom stereocenters. The Bertz CT molecular complexity index is 568. The Morgan fingerprint density at radius 2 is 1.85 bits per heavy atom. The van der Waals surface area contributed by atoms with Crippen LogP contribution < -0.4 is 10.9 Å². The van der Waals surface area contributed by atoms with Crippen LogP contribution in [0, 0.1) is 11.2 Å². The number of nitrogens with zero attached hydrogens (tertiary/aromatic N) is 1. The van der Waals surface area contributed by atoms with Crippen molar-refractivity contribution in [3.8, 4) is 0 Å². The van der Waals surface area contributed by atoms with Crippen molar-refractivity contribution in [2.75, 3.05) is 13.6 Å². The van der Waals surface area contributed by atoms with Crippen LogP contribution in [0.5, 0.6) is 0 Å². The number of rotatable bonds is 8. The first kappa shape index (κ1) is 20.8. The Kier molecular flexibility index (Phi) is 7.59. The first-order chi connectivity index (χ1) is 12.2. The third-order valence-corrected chi connectivity index (χ3v) is 4.91. The number of hydrogen-bond acceptors (Lipinski definition) is 3. The van der Waals surface area contributed by atoms with E-state index < -0.39 is 0 Å². The molecule has 0 bridgehead atoms. The van der Waals surface area contributed by atoms with Gasteiger partial charge in [-0.2, -0.15) is 0 Å². The quantitative estimate of drug-likeness (QED) is 0.681. The fourth-order valence-electron chi connectivity index (χ4n) is 3.36. The molecule has 1 saturated heterocycles. The average Bonchev–Trinajstić information content (AvgIpc) is 3.02. The van der Waals surface area contributed by atoms with Gasteiger partial charge in [-0.1, -0.05) is 45.7 Å². The first-order valence-electron chi connectivity index (χ1n) is 9.75. The molecule has 0 aliphatic carbocycles. The van der Waals surface area contributed by atoms with Gasteiger partial charge < -0.3 is 4.90 Å². The fraction of sp³-hybridized carbons (Fsp3) is 0.667. The van der Waals surface area contributed by atoms with E-state index in [1.807, 2.05) is 24.1 Å². The summed E-state index contributed by atoms with van der Waals surface area (Å²) in [4.78, 5) is 14.0. The highest BCUT2D eigenvalue weighted by molar-refractivity contribution is 5.76. The van der Waals surface area contributed by atoms with Gasteiger partial charge in [0.05, 0.1) is 0 Å². The summed E-state index contributed by atoms with van der Waals surface area (Å²) in [6, 6.07) is 7.43. The largest absolute Gasteiger partial charge is 0.346 e. The Balaban J connectivity index is 1.59. The molecule has 2 rings (SSSR count). The van der Waals surface area contributed by atoms with Crippen LogP contribution in [0.25, 0.3) is 0 Å². The second kappa shape index (κ2) is 9.47. The minimum Gasteiger partial charge on any atom is -0.346 e. The van der Waals surface area contributed by atoms with Crippen molar-refractivity contribution in [2.45, 2.75) is 71.4 Å². The van der Waals surface area contributed by atoms with Gasteiger partial charge in [0.1, 0.15) is 5.82 Å². The molecule has 2 N–H and O–H groups in total. The van der Waals surface area contributed by atoms with Gasteiger partial charge in [-0.05, 0) is 42.4 Å². The molecule has 1 aromatic carbocycles. The molecule has 1 aliphatic heterocycles. The molecule has 26 heavy (non-hydrogen) atoms. The molecule has 5 heteroatoms. The third-order valence-electron chi connectivity index (χ3n) is 4.91. The van der Waals surface area contributed by atoms with Gasteiger partial charge in [0.15, 0.2) is 0 Å². The number of benzene rings is 1. The van der Waals surface area contributed by atoms with Crippen LogP contribution in [-0.4, -0.2) is 30.4 Å². The van der Waals surface area contributed by atoms with E-state index in [-0.39, 0.29) is 23.2 Å². The minimum atomic E-state index is -0.192. The predicted octanol–water partition coefficient (Wildman–Crippen LogP) is 4.19. The molecule has 4 nitrogen and oxygen atoms in total. The average molecular weight is 364 g/mol. The van der Waals surface area contributed by atoms with Gasteiger partial charge in [-0.15, -0.1) is 0 Å². The molecule has 0 radical (unpaired) electrons. The maximum Gasteiger partial charge on any atom is 0.222 e. The number of halogens is 1. The lowest BCUT2D eigenvalue weighted by atomic mass is 9.91. The number of hydrazine groups is 1. The van der Waals surface area contributed by atoms with Crippen LogP contribution in [0.4, 0.5) is 4.39 Å². The number of nitrogens with one attached hydrogen (secondary N) is 2. The van der Waals surface area contributed by atoms with Crippen molar-refractivity contribution in [3.63, 3.8) is 0 Å². The molecule has 1 heterocycles. The van der Waals surface area contributed by atoms with E-state index >= 15 is 0 Å². The molecule has 1 amide bonds. The maximum atomic E-state index is 13.0. The smallest absolute Gasteiger partial charge is 0.222 e. The van der Waals surface area contributed by atoms with E-state index in [9.17, 15) is 9.18 Å². The summed E-state index contributed by atoms with van der Waals surface area (Å²) in [6.07, 6.45) is 6.07. The summed E-state index contributed by atoms with van der Waals surface area (Å²) in [7, 11) is 1.91. The SMILES string of the molecule is CN(CCCCCC1CC(c2ccc(F)cc2)NN1)C(=O)CC(C)(C)C. The van der Waals surface area contributed by atoms with Crippen molar-refractivity contribution in [3.05, 3.63) is 35.6 Å². The lowest BCUT2D eigenvalue weighted by Crippen LogP contribution is -2.31. The number of hydrogen-bond donors (Lipinski definition) is 2. The minimum absolute atomic E-state index is 0.0492. The standard InChI is InChI=1S/C21H34FN3O/c1-21(2,3)15-20(26)25(4)13-7-5-6-8-18-14-19(24-23-18)16-9-11-17(22)12-10-16/h9-12,18-19,23-24H,5-8,13-15H2,1-4H3. The lowest BCUT2D eigenvalue weighted by Gasteiger charge is -2.23. The van der Waals surface area contributed by atoms with Crippen LogP contribution >= 0.6 is 0 Å². The molecule has 1 aromatic rings. The van der Waals surface area contributed by atoms with E-state index in [0.717, 1.165) is 44.2 Å². The zero-order chi connectivity index (χ0) is 19.2. The van der Waals surface area contributed by atoms with Crippen LogP contribution in [0.2, 0.25) is 0 Å². The molecule has 0 spiro atoms. The van der Waals surface area contributed by atoms with Crippen LogP contribution in [0.1, 0.15) is 70.9 Å². The number of amides is 1. The normalized spacial score (nSPS) is 20.3. The summed E-state index contributed by atoms with van der Waals surface area (Å²) in [5.74, 6) is 0.0449.